The Labute approximate surface area is 160 Å². The summed E-state index contributed by atoms with van der Waals surface area (Å²) in [7, 11) is 1.90. The number of halogens is 2. The molecule has 0 aliphatic rings. The summed E-state index contributed by atoms with van der Waals surface area (Å²) < 4.78 is 22.6. The number of aromatic nitrogens is 2. The second-order valence-corrected chi connectivity index (χ2v) is 7.46. The normalized spacial score (nSPS) is 11.8. The summed E-state index contributed by atoms with van der Waals surface area (Å²) in [5, 5.41) is 1.56. The number of benzene rings is 2. The maximum Gasteiger partial charge on any atom is 0.229 e. The summed E-state index contributed by atoms with van der Waals surface area (Å²) in [5.74, 6) is -0.348. The molecule has 0 atom stereocenters. The number of aryl methyl sites for hydroxylation is 1. The summed E-state index contributed by atoms with van der Waals surface area (Å²) in [6, 6.07) is 8.85. The molecule has 0 spiro atoms. The standard InChI is InChI=1S/C21H18ClFN2O2/c1-11(2)18(26)8-12-4-7-16-20(19(12)23)27-21(24-16)15-10-25(3)17-9-13(22)5-6-14(15)17/h4-7,9-11H,8H2,1-3H3. The van der Waals surface area contributed by atoms with Crippen molar-refractivity contribution in [3.8, 4) is 11.5 Å². The highest BCUT2D eigenvalue weighted by Gasteiger charge is 2.20. The van der Waals surface area contributed by atoms with E-state index in [-0.39, 0.29) is 23.7 Å². The Morgan fingerprint density at radius 3 is 2.81 bits per heavy atom. The largest absolute Gasteiger partial charge is 0.433 e. The van der Waals surface area contributed by atoms with Crippen molar-refractivity contribution in [2.45, 2.75) is 20.3 Å². The number of fused-ring (bicyclic) bond motifs is 2. The first-order valence-electron chi connectivity index (χ1n) is 8.70. The lowest BCUT2D eigenvalue weighted by Crippen LogP contribution is -2.11. The molecule has 0 fully saturated rings. The molecule has 27 heavy (non-hydrogen) atoms. The molecule has 0 bridgehead atoms. The molecule has 4 nitrogen and oxygen atoms in total. The van der Waals surface area contributed by atoms with Crippen LogP contribution in [-0.4, -0.2) is 15.3 Å². The number of carbonyl (C=O) groups excluding carboxylic acids is 1. The Morgan fingerprint density at radius 1 is 1.30 bits per heavy atom. The van der Waals surface area contributed by atoms with E-state index < -0.39 is 5.82 Å². The number of oxazole rings is 1. The van der Waals surface area contributed by atoms with Gasteiger partial charge in [0.25, 0.3) is 0 Å². The van der Waals surface area contributed by atoms with E-state index in [2.05, 4.69) is 4.98 Å². The predicted octanol–water partition coefficient (Wildman–Crippen LogP) is 5.55. The molecule has 4 rings (SSSR count). The fourth-order valence-electron chi connectivity index (χ4n) is 3.17. The number of nitrogens with zero attached hydrogens (tertiary/aromatic N) is 2. The number of hydrogen-bond donors (Lipinski definition) is 0. The first kappa shape index (κ1) is 17.7. The van der Waals surface area contributed by atoms with Crippen LogP contribution < -0.4 is 0 Å². The van der Waals surface area contributed by atoms with E-state index in [0.29, 0.717) is 22.0 Å². The number of ketones is 1. The SMILES string of the molecule is CC(C)C(=O)Cc1ccc2nc(-c3cn(C)c4cc(Cl)ccc34)oc2c1F. The third kappa shape index (κ3) is 3.02. The summed E-state index contributed by atoms with van der Waals surface area (Å²) in [5.41, 5.74) is 2.52. The number of carbonyl (C=O) groups is 1. The molecule has 0 radical (unpaired) electrons. The van der Waals surface area contributed by atoms with Crippen LogP contribution in [0.3, 0.4) is 0 Å². The minimum atomic E-state index is -0.525. The second-order valence-electron chi connectivity index (χ2n) is 7.02. The van der Waals surface area contributed by atoms with E-state index in [1.807, 2.05) is 29.9 Å². The molecule has 0 aliphatic carbocycles. The maximum atomic E-state index is 14.9. The van der Waals surface area contributed by atoms with Crippen LogP contribution in [0, 0.1) is 11.7 Å². The summed E-state index contributed by atoms with van der Waals surface area (Å²) in [6.07, 6.45) is 1.93. The summed E-state index contributed by atoms with van der Waals surface area (Å²) >= 11 is 6.08. The van der Waals surface area contributed by atoms with Gasteiger partial charge < -0.3 is 8.98 Å². The fourth-order valence-corrected chi connectivity index (χ4v) is 3.34. The van der Waals surface area contributed by atoms with Gasteiger partial charge in [-0.25, -0.2) is 9.37 Å². The van der Waals surface area contributed by atoms with Crippen LogP contribution in [-0.2, 0) is 18.3 Å². The zero-order chi connectivity index (χ0) is 19.3. The fraction of sp³-hybridized carbons (Fsp3) is 0.238. The molecule has 2 aromatic carbocycles. The number of Topliss-reactive ketones (excluding diaryl/α,β-unsaturated/α-hetero) is 1. The lowest BCUT2D eigenvalue weighted by Gasteiger charge is -2.05. The van der Waals surface area contributed by atoms with Gasteiger partial charge in [-0.3, -0.25) is 4.79 Å². The third-order valence-corrected chi connectivity index (χ3v) is 5.00. The minimum absolute atomic E-state index is 0.0149. The van der Waals surface area contributed by atoms with Crippen molar-refractivity contribution in [3.63, 3.8) is 0 Å². The van der Waals surface area contributed by atoms with E-state index in [0.717, 1.165) is 16.5 Å². The summed E-state index contributed by atoms with van der Waals surface area (Å²) in [6.45, 7) is 3.61. The van der Waals surface area contributed by atoms with Crippen molar-refractivity contribution in [1.29, 1.82) is 0 Å². The molecule has 138 valence electrons. The van der Waals surface area contributed by atoms with Crippen LogP contribution in [0.5, 0.6) is 0 Å². The molecule has 0 aliphatic heterocycles. The van der Waals surface area contributed by atoms with Gasteiger partial charge >= 0.3 is 0 Å². The first-order valence-corrected chi connectivity index (χ1v) is 9.08. The van der Waals surface area contributed by atoms with Gasteiger partial charge in [-0.05, 0) is 23.8 Å². The number of rotatable bonds is 4. The van der Waals surface area contributed by atoms with Gasteiger partial charge in [0, 0.05) is 36.0 Å². The molecule has 0 N–H and O–H groups in total. The second kappa shape index (κ2) is 6.50. The zero-order valence-corrected chi connectivity index (χ0v) is 16.0. The van der Waals surface area contributed by atoms with Gasteiger partial charge in [0.15, 0.2) is 11.4 Å². The third-order valence-electron chi connectivity index (χ3n) is 4.77. The lowest BCUT2D eigenvalue weighted by atomic mass is 10.0. The molecule has 0 saturated carbocycles. The van der Waals surface area contributed by atoms with Crippen molar-refractivity contribution in [3.05, 3.63) is 52.9 Å². The molecule has 6 heteroatoms. The van der Waals surface area contributed by atoms with E-state index >= 15 is 0 Å². The van der Waals surface area contributed by atoms with Crippen molar-refractivity contribution < 1.29 is 13.6 Å². The summed E-state index contributed by atoms with van der Waals surface area (Å²) in [4.78, 5) is 16.4. The Kier molecular flexibility index (Phi) is 4.27. The molecular weight excluding hydrogens is 367 g/mol. The Balaban J connectivity index is 1.83. The van der Waals surface area contributed by atoms with Gasteiger partial charge in [0.1, 0.15) is 11.3 Å². The van der Waals surface area contributed by atoms with Crippen LogP contribution in [0.25, 0.3) is 33.5 Å². The van der Waals surface area contributed by atoms with E-state index in [4.69, 9.17) is 16.0 Å². The van der Waals surface area contributed by atoms with Crippen molar-refractivity contribution in [2.24, 2.45) is 13.0 Å². The molecule has 0 unspecified atom stereocenters. The lowest BCUT2D eigenvalue weighted by molar-refractivity contribution is -0.121. The molecule has 0 amide bonds. The van der Waals surface area contributed by atoms with Crippen LogP contribution in [0.1, 0.15) is 19.4 Å². The maximum absolute atomic E-state index is 14.9. The van der Waals surface area contributed by atoms with Gasteiger partial charge in [0.05, 0.1) is 11.1 Å². The van der Waals surface area contributed by atoms with Gasteiger partial charge in [0.2, 0.25) is 5.89 Å². The average molecular weight is 385 g/mol. The van der Waals surface area contributed by atoms with E-state index in [1.54, 1.807) is 32.0 Å². The average Bonchev–Trinajstić information content (AvgIpc) is 3.19. The number of hydrogen-bond acceptors (Lipinski definition) is 3. The highest BCUT2D eigenvalue weighted by molar-refractivity contribution is 6.31. The molecular formula is C21H18ClFN2O2. The zero-order valence-electron chi connectivity index (χ0n) is 15.2. The van der Waals surface area contributed by atoms with Gasteiger partial charge in [-0.1, -0.05) is 37.6 Å². The van der Waals surface area contributed by atoms with Crippen LogP contribution in [0.2, 0.25) is 5.02 Å². The Morgan fingerprint density at radius 2 is 2.07 bits per heavy atom. The molecule has 2 aromatic heterocycles. The monoisotopic (exact) mass is 384 g/mol. The molecule has 2 heterocycles. The quantitative estimate of drug-likeness (QED) is 0.463. The molecule has 0 saturated heterocycles. The first-order chi connectivity index (χ1) is 12.8. The van der Waals surface area contributed by atoms with Crippen LogP contribution >= 0.6 is 11.6 Å². The smallest absolute Gasteiger partial charge is 0.229 e. The highest BCUT2D eigenvalue weighted by atomic mass is 35.5. The minimum Gasteiger partial charge on any atom is -0.433 e. The Hall–Kier alpha value is -2.66. The highest BCUT2D eigenvalue weighted by Crippen LogP contribution is 2.34. The molecule has 4 aromatic rings. The van der Waals surface area contributed by atoms with Crippen LogP contribution in [0.4, 0.5) is 4.39 Å². The van der Waals surface area contributed by atoms with Gasteiger partial charge in [-0.15, -0.1) is 0 Å². The van der Waals surface area contributed by atoms with Crippen molar-refractivity contribution in [2.75, 3.05) is 0 Å². The van der Waals surface area contributed by atoms with E-state index in [1.165, 1.54) is 0 Å². The topological polar surface area (TPSA) is 48.0 Å². The van der Waals surface area contributed by atoms with E-state index in [9.17, 15) is 9.18 Å². The van der Waals surface area contributed by atoms with Crippen molar-refractivity contribution >= 4 is 39.4 Å². The van der Waals surface area contributed by atoms with Crippen molar-refractivity contribution in [1.82, 2.24) is 9.55 Å². The van der Waals surface area contributed by atoms with Gasteiger partial charge in [-0.2, -0.15) is 0 Å². The Bertz CT molecular complexity index is 1190. The van der Waals surface area contributed by atoms with Crippen LogP contribution in [0.15, 0.2) is 40.9 Å². The predicted molar refractivity (Wildman–Crippen MR) is 104 cm³/mol.